The van der Waals surface area contributed by atoms with Gasteiger partial charge in [0.25, 0.3) is 0 Å². The molecule has 1 heterocycles. The zero-order valence-corrected chi connectivity index (χ0v) is 12.2. The number of hydrogen-bond donors (Lipinski definition) is 0. The minimum Gasteiger partial charge on any atom is -0.233 e. The van der Waals surface area contributed by atoms with E-state index in [1.807, 2.05) is 4.68 Å². The van der Waals surface area contributed by atoms with Crippen molar-refractivity contribution in [3.05, 3.63) is 71.9 Å². The molecule has 1 aromatic heterocycles. The molecule has 21 heavy (non-hydrogen) atoms. The van der Waals surface area contributed by atoms with Crippen molar-refractivity contribution in [2.45, 2.75) is 13.8 Å². The minimum absolute atomic E-state index is 1.08. The van der Waals surface area contributed by atoms with Gasteiger partial charge in [0.1, 0.15) is 0 Å². The Labute approximate surface area is 124 Å². The maximum Gasteiger partial charge on any atom is 0.0756 e. The first-order valence-electron chi connectivity index (χ1n) is 7.18. The van der Waals surface area contributed by atoms with E-state index >= 15 is 0 Å². The highest BCUT2D eigenvalue weighted by Gasteiger charge is 2.17. The molecule has 4 rings (SSSR count). The van der Waals surface area contributed by atoms with Crippen molar-refractivity contribution in [2.75, 3.05) is 0 Å². The topological polar surface area (TPSA) is 17.8 Å². The van der Waals surface area contributed by atoms with E-state index in [1.54, 1.807) is 0 Å². The normalized spacial score (nSPS) is 11.3. The molecule has 0 bridgehead atoms. The molecule has 0 unspecified atom stereocenters. The van der Waals surface area contributed by atoms with Crippen LogP contribution >= 0.6 is 0 Å². The maximum atomic E-state index is 4.74. The van der Waals surface area contributed by atoms with Crippen LogP contribution in [0.3, 0.4) is 0 Å². The van der Waals surface area contributed by atoms with Gasteiger partial charge in [-0.2, -0.15) is 5.10 Å². The van der Waals surface area contributed by atoms with Crippen molar-refractivity contribution in [2.24, 2.45) is 0 Å². The van der Waals surface area contributed by atoms with Crippen LogP contribution in [0.4, 0.5) is 0 Å². The van der Waals surface area contributed by atoms with Crippen molar-refractivity contribution in [3.63, 3.8) is 0 Å². The van der Waals surface area contributed by atoms with Crippen molar-refractivity contribution < 1.29 is 0 Å². The lowest BCUT2D eigenvalue weighted by Gasteiger charge is -2.02. The van der Waals surface area contributed by atoms with Gasteiger partial charge in [-0.3, -0.25) is 0 Å². The summed E-state index contributed by atoms with van der Waals surface area (Å²) >= 11 is 0. The average Bonchev–Trinajstić information content (AvgIpc) is 2.89. The highest BCUT2D eigenvalue weighted by atomic mass is 15.3. The molecular formula is C19H16N2. The summed E-state index contributed by atoms with van der Waals surface area (Å²) < 4.78 is 2.05. The zero-order chi connectivity index (χ0) is 14.4. The number of aryl methyl sites for hydroxylation is 2. The molecule has 1 aromatic carbocycles. The molecule has 0 atom stereocenters. The zero-order valence-electron chi connectivity index (χ0n) is 12.2. The third kappa shape index (κ3) is 1.83. The molecule has 0 saturated heterocycles. The second kappa shape index (κ2) is 4.45. The summed E-state index contributed by atoms with van der Waals surface area (Å²) in [6.07, 6.45) is 0. The van der Waals surface area contributed by atoms with Crippen LogP contribution in [-0.4, -0.2) is 9.78 Å². The molecule has 2 nitrogen and oxygen atoms in total. The first kappa shape index (κ1) is 12.2. The van der Waals surface area contributed by atoms with Gasteiger partial charge >= 0.3 is 0 Å². The summed E-state index contributed by atoms with van der Waals surface area (Å²) in [5.41, 5.74) is 7.16. The van der Waals surface area contributed by atoms with E-state index in [1.165, 1.54) is 27.6 Å². The van der Waals surface area contributed by atoms with Gasteiger partial charge in [-0.1, -0.05) is 48.0 Å². The predicted molar refractivity (Wildman–Crippen MR) is 87.2 cm³/mol. The first-order chi connectivity index (χ1) is 10.2. The molecule has 2 heteroatoms. The third-order valence-electron chi connectivity index (χ3n) is 4.01. The summed E-state index contributed by atoms with van der Waals surface area (Å²) in [5, 5.41) is 5.99. The van der Waals surface area contributed by atoms with Gasteiger partial charge in [0.05, 0.1) is 16.9 Å². The Morgan fingerprint density at radius 1 is 0.857 bits per heavy atom. The smallest absolute Gasteiger partial charge is 0.0756 e. The Kier molecular flexibility index (Phi) is 2.58. The highest BCUT2D eigenvalue weighted by Crippen LogP contribution is 2.36. The molecule has 102 valence electrons. The van der Waals surface area contributed by atoms with E-state index in [9.17, 15) is 0 Å². The maximum absolute atomic E-state index is 4.74. The molecule has 0 N–H and O–H groups in total. The lowest BCUT2D eigenvalue weighted by Crippen LogP contribution is -1.95. The van der Waals surface area contributed by atoms with Crippen LogP contribution in [0.2, 0.25) is 0 Å². The van der Waals surface area contributed by atoms with E-state index in [0.29, 0.717) is 0 Å². The van der Waals surface area contributed by atoms with Crippen molar-refractivity contribution in [1.29, 1.82) is 0 Å². The quantitative estimate of drug-likeness (QED) is 0.489. The molecular weight excluding hydrogens is 256 g/mol. The van der Waals surface area contributed by atoms with Gasteiger partial charge in [0, 0.05) is 5.39 Å². The predicted octanol–water partition coefficient (Wildman–Crippen LogP) is 4.75. The monoisotopic (exact) mass is 272 g/mol. The van der Waals surface area contributed by atoms with Crippen molar-refractivity contribution >= 4 is 10.9 Å². The van der Waals surface area contributed by atoms with E-state index in [0.717, 1.165) is 11.4 Å². The first-order valence-corrected chi connectivity index (χ1v) is 7.18. The van der Waals surface area contributed by atoms with Gasteiger partial charge < -0.3 is 0 Å². The number of fused-ring (bicyclic) bond motifs is 3. The number of hydrogen-bond acceptors (Lipinski definition) is 1. The summed E-state index contributed by atoms with van der Waals surface area (Å²) in [4.78, 5) is 0. The average molecular weight is 272 g/mol. The van der Waals surface area contributed by atoms with Crippen LogP contribution in [0.15, 0.2) is 60.7 Å². The van der Waals surface area contributed by atoms with Gasteiger partial charge in [-0.05, 0) is 43.2 Å². The Bertz CT molecular complexity index is 901. The molecule has 2 aromatic rings. The van der Waals surface area contributed by atoms with Crippen LogP contribution in [0.25, 0.3) is 27.7 Å². The largest absolute Gasteiger partial charge is 0.233 e. The number of benzene rings is 1. The Morgan fingerprint density at radius 3 is 2.43 bits per heavy atom. The van der Waals surface area contributed by atoms with Crippen LogP contribution in [0, 0.1) is 13.8 Å². The molecule has 0 saturated carbocycles. The molecule has 0 fully saturated rings. The second-order valence-corrected chi connectivity index (χ2v) is 5.52. The summed E-state index contributed by atoms with van der Waals surface area (Å²) in [5.74, 6) is 0. The van der Waals surface area contributed by atoms with Crippen LogP contribution in [0.1, 0.15) is 11.3 Å². The lowest BCUT2D eigenvalue weighted by molar-refractivity contribution is 0.888. The summed E-state index contributed by atoms with van der Waals surface area (Å²) in [7, 11) is 0. The Morgan fingerprint density at radius 2 is 1.62 bits per heavy atom. The Hall–Kier alpha value is -2.61. The van der Waals surface area contributed by atoms with Gasteiger partial charge in [0.2, 0.25) is 0 Å². The van der Waals surface area contributed by atoms with E-state index in [2.05, 4.69) is 74.5 Å². The van der Waals surface area contributed by atoms with Crippen molar-refractivity contribution in [3.8, 4) is 16.8 Å². The fourth-order valence-corrected chi connectivity index (χ4v) is 2.96. The molecule has 2 aliphatic rings. The van der Waals surface area contributed by atoms with Crippen molar-refractivity contribution in [1.82, 2.24) is 9.78 Å². The SMILES string of the molecule is Cc1ccc(-n2nc(C)c3c4cccccc-4cc32)cc1. The van der Waals surface area contributed by atoms with E-state index in [4.69, 9.17) is 5.10 Å². The molecule has 0 radical (unpaired) electrons. The van der Waals surface area contributed by atoms with Gasteiger partial charge in [-0.25, -0.2) is 4.68 Å². The standard InChI is InChI=1S/C19H16N2/c1-13-8-10-16(11-9-13)21-18-12-15-6-4-3-5-7-17(15)19(18)14(2)20-21/h3-12H,1-2H3. The van der Waals surface area contributed by atoms with E-state index in [-0.39, 0.29) is 0 Å². The molecule has 0 spiro atoms. The number of rotatable bonds is 1. The number of aromatic nitrogens is 2. The second-order valence-electron chi connectivity index (χ2n) is 5.52. The van der Waals surface area contributed by atoms with Crippen LogP contribution in [0.5, 0.6) is 0 Å². The molecule has 0 aliphatic heterocycles. The molecule has 2 aliphatic carbocycles. The lowest BCUT2D eigenvalue weighted by atomic mass is 10.1. The Balaban J connectivity index is 2.06. The number of nitrogens with zero attached hydrogens (tertiary/aromatic N) is 2. The third-order valence-corrected chi connectivity index (χ3v) is 4.01. The van der Waals surface area contributed by atoms with Gasteiger partial charge in [0.15, 0.2) is 0 Å². The molecule has 0 amide bonds. The van der Waals surface area contributed by atoms with Crippen LogP contribution < -0.4 is 0 Å². The van der Waals surface area contributed by atoms with Crippen LogP contribution in [-0.2, 0) is 0 Å². The minimum atomic E-state index is 1.08. The fraction of sp³-hybridized carbons (Fsp3) is 0.105. The fourth-order valence-electron chi connectivity index (χ4n) is 2.96. The summed E-state index contributed by atoms with van der Waals surface area (Å²) in [6.45, 7) is 4.18. The highest BCUT2D eigenvalue weighted by molar-refractivity contribution is 6.02. The van der Waals surface area contributed by atoms with E-state index < -0.39 is 0 Å². The summed E-state index contributed by atoms with van der Waals surface area (Å²) in [6, 6.07) is 21.3. The van der Waals surface area contributed by atoms with Gasteiger partial charge in [-0.15, -0.1) is 0 Å².